The van der Waals surface area contributed by atoms with Gasteiger partial charge < -0.3 is 5.11 Å². The van der Waals surface area contributed by atoms with Crippen LogP contribution in [0, 0.1) is 0 Å². The van der Waals surface area contributed by atoms with Gasteiger partial charge in [0.2, 0.25) is 0 Å². The number of carbonyl (C=O) groups is 1. The number of carboxylic acid groups (broad SMARTS) is 1. The molecule has 11 heavy (non-hydrogen) atoms. The molecule has 0 saturated heterocycles. The number of hydrogen-bond donors (Lipinski definition) is 2. The number of rotatable bonds is 4. The van der Waals surface area contributed by atoms with Crippen molar-refractivity contribution in [2.24, 2.45) is 0 Å². The summed E-state index contributed by atoms with van der Waals surface area (Å²) in [6, 6.07) is 0. The van der Waals surface area contributed by atoms with Gasteiger partial charge >= 0.3 is 5.97 Å². The van der Waals surface area contributed by atoms with Crippen LogP contribution in [-0.2, 0) is 14.9 Å². The molecule has 1 unspecified atom stereocenters. The summed E-state index contributed by atoms with van der Waals surface area (Å²) < 4.78 is 29.0. The standard InChI is InChI=1S/C4H7BrO5S/c5-2-1-3(4(6)7)11(8,9)10/h3H,1-2H2,(H,6,7)(H,8,9,10). The molecule has 0 spiro atoms. The average molecular weight is 247 g/mol. The van der Waals surface area contributed by atoms with Crippen molar-refractivity contribution in [3.05, 3.63) is 0 Å². The highest BCUT2D eigenvalue weighted by molar-refractivity contribution is 9.09. The summed E-state index contributed by atoms with van der Waals surface area (Å²) in [6.07, 6.45) is -0.145. The highest BCUT2D eigenvalue weighted by Crippen LogP contribution is 2.06. The fraction of sp³-hybridized carbons (Fsp3) is 0.750. The molecule has 0 saturated carbocycles. The van der Waals surface area contributed by atoms with Crippen LogP contribution >= 0.6 is 15.9 Å². The van der Waals surface area contributed by atoms with Crippen LogP contribution in [-0.4, -0.2) is 34.6 Å². The molecule has 0 heterocycles. The lowest BCUT2D eigenvalue weighted by atomic mass is 10.3. The molecule has 0 aliphatic rings. The van der Waals surface area contributed by atoms with Gasteiger partial charge in [0.25, 0.3) is 10.1 Å². The minimum Gasteiger partial charge on any atom is -0.480 e. The number of halogens is 1. The molecule has 2 N–H and O–H groups in total. The first kappa shape index (κ1) is 10.9. The quantitative estimate of drug-likeness (QED) is 0.543. The smallest absolute Gasteiger partial charge is 0.324 e. The fourth-order valence-electron chi connectivity index (χ4n) is 0.499. The Kier molecular flexibility index (Phi) is 3.98. The maximum absolute atomic E-state index is 10.3. The van der Waals surface area contributed by atoms with Crippen LogP contribution in [0.4, 0.5) is 0 Å². The van der Waals surface area contributed by atoms with E-state index < -0.39 is 21.3 Å². The van der Waals surface area contributed by atoms with E-state index in [1.807, 2.05) is 0 Å². The van der Waals surface area contributed by atoms with E-state index in [0.29, 0.717) is 0 Å². The van der Waals surface area contributed by atoms with Gasteiger partial charge in [-0.3, -0.25) is 9.35 Å². The molecule has 0 amide bonds. The maximum Gasteiger partial charge on any atom is 0.324 e. The van der Waals surface area contributed by atoms with Crippen molar-refractivity contribution < 1.29 is 22.9 Å². The highest BCUT2D eigenvalue weighted by Gasteiger charge is 2.29. The second-order valence-corrected chi connectivity index (χ2v) is 4.21. The van der Waals surface area contributed by atoms with Crippen molar-refractivity contribution in [2.45, 2.75) is 11.7 Å². The Hall–Kier alpha value is -0.140. The zero-order chi connectivity index (χ0) is 9.07. The van der Waals surface area contributed by atoms with E-state index in [-0.39, 0.29) is 11.8 Å². The van der Waals surface area contributed by atoms with Crippen molar-refractivity contribution in [1.29, 1.82) is 0 Å². The monoisotopic (exact) mass is 246 g/mol. The van der Waals surface area contributed by atoms with E-state index in [2.05, 4.69) is 15.9 Å². The summed E-state index contributed by atoms with van der Waals surface area (Å²) in [5.74, 6) is -1.54. The lowest BCUT2D eigenvalue weighted by Gasteiger charge is -2.05. The van der Waals surface area contributed by atoms with Gasteiger partial charge in [-0.15, -0.1) is 0 Å². The van der Waals surface area contributed by atoms with E-state index in [1.165, 1.54) is 0 Å². The van der Waals surface area contributed by atoms with Gasteiger partial charge in [0.15, 0.2) is 5.25 Å². The van der Waals surface area contributed by atoms with Gasteiger partial charge in [0, 0.05) is 5.33 Å². The normalized spacial score (nSPS) is 14.4. The first-order valence-electron chi connectivity index (χ1n) is 2.64. The van der Waals surface area contributed by atoms with Crippen LogP contribution in [0.15, 0.2) is 0 Å². The van der Waals surface area contributed by atoms with Crippen LogP contribution in [0.3, 0.4) is 0 Å². The topological polar surface area (TPSA) is 91.7 Å². The third kappa shape index (κ3) is 3.68. The molecule has 0 aromatic rings. The van der Waals surface area contributed by atoms with Crippen LogP contribution < -0.4 is 0 Å². The highest BCUT2D eigenvalue weighted by atomic mass is 79.9. The Bertz CT molecular complexity index is 233. The first-order valence-corrected chi connectivity index (χ1v) is 5.27. The van der Waals surface area contributed by atoms with E-state index in [1.54, 1.807) is 0 Å². The van der Waals surface area contributed by atoms with Crippen LogP contribution in [0.2, 0.25) is 0 Å². The molecule has 0 radical (unpaired) electrons. The molecule has 7 heteroatoms. The summed E-state index contributed by atoms with van der Waals surface area (Å²) in [5, 5.41) is 6.77. The lowest BCUT2D eigenvalue weighted by Crippen LogP contribution is -2.29. The molecule has 0 aliphatic carbocycles. The predicted octanol–water partition coefficient (Wildman–Crippen LogP) is 0.112. The number of aliphatic carboxylic acids is 1. The zero-order valence-electron chi connectivity index (χ0n) is 5.40. The first-order chi connectivity index (χ1) is 4.89. The third-order valence-electron chi connectivity index (χ3n) is 1.01. The van der Waals surface area contributed by atoms with Gasteiger partial charge in [-0.05, 0) is 6.42 Å². The van der Waals surface area contributed by atoms with Crippen molar-refractivity contribution in [1.82, 2.24) is 0 Å². The van der Waals surface area contributed by atoms with Gasteiger partial charge in [-0.2, -0.15) is 8.42 Å². The second kappa shape index (κ2) is 4.03. The molecule has 66 valence electrons. The lowest BCUT2D eigenvalue weighted by molar-refractivity contribution is -0.136. The summed E-state index contributed by atoms with van der Waals surface area (Å²) in [5.41, 5.74) is 0. The fourth-order valence-corrected chi connectivity index (χ4v) is 1.93. The Balaban J connectivity index is 4.49. The Labute approximate surface area is 72.3 Å². The number of hydrogen-bond acceptors (Lipinski definition) is 3. The number of alkyl halides is 1. The van der Waals surface area contributed by atoms with E-state index in [0.717, 1.165) is 0 Å². The molecular weight excluding hydrogens is 240 g/mol. The molecule has 0 bridgehead atoms. The van der Waals surface area contributed by atoms with Crippen molar-refractivity contribution in [3.8, 4) is 0 Å². The summed E-state index contributed by atoms with van der Waals surface area (Å²) >= 11 is 2.87. The molecule has 1 atom stereocenters. The van der Waals surface area contributed by atoms with E-state index in [4.69, 9.17) is 9.66 Å². The molecule has 5 nitrogen and oxygen atoms in total. The minimum absolute atomic E-state index is 0.145. The molecule has 0 rings (SSSR count). The molecule has 0 fully saturated rings. The maximum atomic E-state index is 10.3. The third-order valence-corrected chi connectivity index (χ3v) is 2.62. The van der Waals surface area contributed by atoms with Gasteiger partial charge in [0.1, 0.15) is 0 Å². The Morgan fingerprint density at radius 1 is 1.55 bits per heavy atom. The molecule has 0 aromatic carbocycles. The second-order valence-electron chi connectivity index (χ2n) is 1.82. The average Bonchev–Trinajstić information content (AvgIpc) is 1.79. The van der Waals surface area contributed by atoms with Crippen LogP contribution in [0.1, 0.15) is 6.42 Å². The summed E-state index contributed by atoms with van der Waals surface area (Å²) in [7, 11) is -4.46. The SMILES string of the molecule is O=C(O)C(CCBr)S(=O)(=O)O. The Morgan fingerprint density at radius 2 is 2.00 bits per heavy atom. The van der Waals surface area contributed by atoms with Crippen LogP contribution in [0.5, 0.6) is 0 Å². The van der Waals surface area contributed by atoms with Gasteiger partial charge in [-0.1, -0.05) is 15.9 Å². The van der Waals surface area contributed by atoms with Gasteiger partial charge in [0.05, 0.1) is 0 Å². The van der Waals surface area contributed by atoms with Crippen LogP contribution in [0.25, 0.3) is 0 Å². The summed E-state index contributed by atoms with van der Waals surface area (Å²) in [4.78, 5) is 10.2. The summed E-state index contributed by atoms with van der Waals surface area (Å²) in [6.45, 7) is 0. The number of carboxylic acids is 1. The van der Waals surface area contributed by atoms with Crippen molar-refractivity contribution >= 4 is 32.0 Å². The Morgan fingerprint density at radius 3 is 2.09 bits per heavy atom. The molecule has 0 aromatic heterocycles. The predicted molar refractivity (Wildman–Crippen MR) is 41.4 cm³/mol. The molecule has 0 aliphatic heterocycles. The van der Waals surface area contributed by atoms with E-state index >= 15 is 0 Å². The van der Waals surface area contributed by atoms with Crippen molar-refractivity contribution in [3.63, 3.8) is 0 Å². The van der Waals surface area contributed by atoms with E-state index in [9.17, 15) is 13.2 Å². The van der Waals surface area contributed by atoms with Gasteiger partial charge in [-0.25, -0.2) is 0 Å². The van der Waals surface area contributed by atoms with Crippen molar-refractivity contribution in [2.75, 3.05) is 5.33 Å². The zero-order valence-corrected chi connectivity index (χ0v) is 7.80. The molecular formula is C4H7BrO5S. The largest absolute Gasteiger partial charge is 0.480 e. The minimum atomic E-state index is -4.46.